The molecule has 1 aromatic rings. The number of nitrogens with one attached hydrogen (secondary N) is 1. The van der Waals surface area contributed by atoms with Crippen LogP contribution in [0.2, 0.25) is 5.02 Å². The summed E-state index contributed by atoms with van der Waals surface area (Å²) in [6.45, 7) is 1.72. The second-order valence-electron chi connectivity index (χ2n) is 3.83. The number of alkyl halides is 2. The highest BCUT2D eigenvalue weighted by molar-refractivity contribution is 7.89. The lowest BCUT2D eigenvalue weighted by molar-refractivity contribution is 0.569. The number of hydrogen-bond acceptors (Lipinski definition) is 2. The van der Waals surface area contributed by atoms with E-state index in [0.29, 0.717) is 5.02 Å². The predicted molar refractivity (Wildman–Crippen MR) is 71.6 cm³/mol. The van der Waals surface area contributed by atoms with E-state index in [9.17, 15) is 8.42 Å². The molecule has 0 saturated heterocycles. The highest BCUT2D eigenvalue weighted by atomic mass is 35.5. The van der Waals surface area contributed by atoms with Crippen molar-refractivity contribution in [3.8, 4) is 0 Å². The van der Waals surface area contributed by atoms with E-state index >= 15 is 0 Å². The number of hydrogen-bond donors (Lipinski definition) is 1. The van der Waals surface area contributed by atoms with Gasteiger partial charge in [-0.15, -0.1) is 23.2 Å². The molecule has 0 fully saturated rings. The maximum atomic E-state index is 11.9. The lowest BCUT2D eigenvalue weighted by atomic mass is 10.2. The monoisotopic (exact) mass is 315 g/mol. The van der Waals surface area contributed by atoms with Gasteiger partial charge in [-0.1, -0.05) is 11.6 Å². The predicted octanol–water partition coefficient (Wildman–Crippen LogP) is 2.85. The molecule has 17 heavy (non-hydrogen) atoms. The first-order chi connectivity index (χ1) is 7.77. The average Bonchev–Trinajstić information content (AvgIpc) is 2.27. The number of sulfonamides is 1. The van der Waals surface area contributed by atoms with Gasteiger partial charge < -0.3 is 0 Å². The van der Waals surface area contributed by atoms with Gasteiger partial charge >= 0.3 is 0 Å². The van der Waals surface area contributed by atoms with E-state index in [1.54, 1.807) is 6.92 Å². The van der Waals surface area contributed by atoms with Crippen LogP contribution in [0.3, 0.4) is 0 Å². The molecule has 0 aliphatic heterocycles. The van der Waals surface area contributed by atoms with Gasteiger partial charge in [-0.2, -0.15) is 0 Å². The molecule has 0 aliphatic rings. The minimum absolute atomic E-state index is 0.0585. The standard InChI is InChI=1S/C10H12Cl3NO2S/c1-10(13,6-11)7-14-17(15,16)9-4-2-8(12)3-5-9/h2-5,14H,6-7H2,1H3. The summed E-state index contributed by atoms with van der Waals surface area (Å²) in [6, 6.07) is 5.88. The Morgan fingerprint density at radius 1 is 1.29 bits per heavy atom. The van der Waals surface area contributed by atoms with Crippen molar-refractivity contribution in [1.82, 2.24) is 4.72 Å². The van der Waals surface area contributed by atoms with Crippen LogP contribution in [0.1, 0.15) is 6.92 Å². The third-order valence-corrected chi connectivity index (χ3v) is 4.70. The quantitative estimate of drug-likeness (QED) is 0.849. The molecule has 1 unspecified atom stereocenters. The van der Waals surface area contributed by atoms with Crippen LogP contribution in [0.15, 0.2) is 29.2 Å². The second kappa shape index (κ2) is 5.76. The molecule has 0 saturated carbocycles. The highest BCUT2D eigenvalue weighted by Gasteiger charge is 2.23. The number of rotatable bonds is 5. The lowest BCUT2D eigenvalue weighted by Gasteiger charge is -2.19. The van der Waals surface area contributed by atoms with Crippen LogP contribution in [0.5, 0.6) is 0 Å². The zero-order valence-corrected chi connectivity index (χ0v) is 12.2. The molecule has 0 spiro atoms. The summed E-state index contributed by atoms with van der Waals surface area (Å²) >= 11 is 17.2. The Kier molecular flexibility index (Phi) is 5.10. The molecule has 1 rings (SSSR count). The van der Waals surface area contributed by atoms with Crippen LogP contribution in [0.4, 0.5) is 0 Å². The summed E-state index contributed by atoms with van der Waals surface area (Å²) in [4.78, 5) is -0.662. The van der Waals surface area contributed by atoms with E-state index in [1.807, 2.05) is 0 Å². The molecule has 7 heteroatoms. The minimum atomic E-state index is -3.57. The van der Waals surface area contributed by atoms with Crippen LogP contribution in [-0.4, -0.2) is 25.7 Å². The van der Waals surface area contributed by atoms with Gasteiger partial charge in [-0.3, -0.25) is 0 Å². The Hall–Kier alpha value is -0.000000000000000111. The van der Waals surface area contributed by atoms with Crippen LogP contribution in [-0.2, 0) is 10.0 Å². The van der Waals surface area contributed by atoms with Crippen LogP contribution in [0.25, 0.3) is 0 Å². The van der Waals surface area contributed by atoms with Crippen molar-refractivity contribution in [1.29, 1.82) is 0 Å². The molecule has 1 N–H and O–H groups in total. The molecular formula is C10H12Cl3NO2S. The highest BCUT2D eigenvalue weighted by Crippen LogP contribution is 2.17. The van der Waals surface area contributed by atoms with Crippen molar-refractivity contribution in [3.63, 3.8) is 0 Å². The fourth-order valence-electron chi connectivity index (χ4n) is 0.990. The Morgan fingerprint density at radius 2 is 1.82 bits per heavy atom. The second-order valence-corrected chi connectivity index (χ2v) is 7.21. The van der Waals surface area contributed by atoms with Crippen molar-refractivity contribution in [2.45, 2.75) is 16.7 Å². The lowest BCUT2D eigenvalue weighted by Crippen LogP contribution is -2.37. The smallest absolute Gasteiger partial charge is 0.209 e. The zero-order chi connectivity index (χ0) is 13.1. The fourth-order valence-corrected chi connectivity index (χ4v) is 2.53. The average molecular weight is 317 g/mol. The minimum Gasteiger partial charge on any atom is -0.209 e. The Bertz CT molecular complexity index is 471. The zero-order valence-electron chi connectivity index (χ0n) is 9.08. The van der Waals surface area contributed by atoms with Gasteiger partial charge in [0.15, 0.2) is 0 Å². The molecule has 0 aliphatic carbocycles. The maximum absolute atomic E-state index is 11.9. The summed E-state index contributed by atoms with van der Waals surface area (Å²) in [5.74, 6) is 0.150. The normalized spacial score (nSPS) is 15.5. The third kappa shape index (κ3) is 4.64. The first-order valence-corrected chi connectivity index (χ1v) is 7.54. The molecule has 0 radical (unpaired) electrons. The first kappa shape index (κ1) is 15.1. The first-order valence-electron chi connectivity index (χ1n) is 4.77. The van der Waals surface area contributed by atoms with Gasteiger partial charge in [0.25, 0.3) is 0 Å². The SMILES string of the molecule is CC(Cl)(CCl)CNS(=O)(=O)c1ccc(Cl)cc1. The van der Waals surface area contributed by atoms with E-state index in [4.69, 9.17) is 34.8 Å². The van der Waals surface area contributed by atoms with Gasteiger partial charge in [0.1, 0.15) is 0 Å². The Balaban J connectivity index is 2.79. The van der Waals surface area contributed by atoms with E-state index in [2.05, 4.69) is 4.72 Å². The van der Waals surface area contributed by atoms with Crippen molar-refractivity contribution in [2.75, 3.05) is 12.4 Å². The van der Waals surface area contributed by atoms with E-state index < -0.39 is 14.9 Å². The van der Waals surface area contributed by atoms with E-state index in [0.717, 1.165) is 0 Å². The summed E-state index contributed by atoms with van der Waals surface area (Å²) in [5.41, 5.74) is 0. The summed E-state index contributed by atoms with van der Waals surface area (Å²) in [6.07, 6.45) is 0. The van der Waals surface area contributed by atoms with Gasteiger partial charge in [0.2, 0.25) is 10.0 Å². The topological polar surface area (TPSA) is 46.2 Å². The molecule has 0 amide bonds. The molecule has 0 bridgehead atoms. The van der Waals surface area contributed by atoms with Gasteiger partial charge in [0.05, 0.1) is 9.77 Å². The van der Waals surface area contributed by atoms with E-state index in [-0.39, 0.29) is 17.3 Å². The molecule has 96 valence electrons. The number of benzene rings is 1. The summed E-state index contributed by atoms with van der Waals surface area (Å²) < 4.78 is 26.1. The molecular weight excluding hydrogens is 305 g/mol. The van der Waals surface area contributed by atoms with Gasteiger partial charge in [-0.25, -0.2) is 13.1 Å². The van der Waals surface area contributed by atoms with Gasteiger partial charge in [-0.05, 0) is 31.2 Å². The fraction of sp³-hybridized carbons (Fsp3) is 0.400. The van der Waals surface area contributed by atoms with Crippen LogP contribution < -0.4 is 4.72 Å². The number of halogens is 3. The van der Waals surface area contributed by atoms with Crippen LogP contribution >= 0.6 is 34.8 Å². The van der Waals surface area contributed by atoms with Gasteiger partial charge in [0, 0.05) is 17.4 Å². The Labute approximate surface area is 116 Å². The summed E-state index contributed by atoms with van der Waals surface area (Å²) in [7, 11) is -3.57. The molecule has 0 aromatic heterocycles. The van der Waals surface area contributed by atoms with E-state index in [1.165, 1.54) is 24.3 Å². The van der Waals surface area contributed by atoms with Crippen molar-refractivity contribution < 1.29 is 8.42 Å². The Morgan fingerprint density at radius 3 is 2.29 bits per heavy atom. The molecule has 0 heterocycles. The summed E-state index contributed by atoms with van der Waals surface area (Å²) in [5, 5.41) is 0.479. The van der Waals surface area contributed by atoms with Crippen molar-refractivity contribution in [3.05, 3.63) is 29.3 Å². The molecule has 3 nitrogen and oxygen atoms in total. The molecule has 1 atom stereocenters. The van der Waals surface area contributed by atoms with Crippen LogP contribution in [0, 0.1) is 0 Å². The van der Waals surface area contributed by atoms with Crippen molar-refractivity contribution >= 4 is 44.8 Å². The maximum Gasteiger partial charge on any atom is 0.240 e. The third-order valence-electron chi connectivity index (χ3n) is 2.03. The van der Waals surface area contributed by atoms with Crippen molar-refractivity contribution in [2.24, 2.45) is 0 Å². The largest absolute Gasteiger partial charge is 0.240 e. The molecule has 1 aromatic carbocycles.